The molecule has 1 amide bonds. The maximum atomic E-state index is 12.7. The van der Waals surface area contributed by atoms with Gasteiger partial charge in [-0.3, -0.25) is 14.5 Å². The van der Waals surface area contributed by atoms with Crippen LogP contribution in [0.3, 0.4) is 0 Å². The number of carbonyl (C=O) groups is 2. The third kappa shape index (κ3) is 5.68. The van der Waals surface area contributed by atoms with Crippen molar-refractivity contribution in [2.24, 2.45) is 0 Å². The highest BCUT2D eigenvalue weighted by atomic mass is 35.5. The van der Waals surface area contributed by atoms with Gasteiger partial charge in [-0.1, -0.05) is 11.6 Å². The number of fused-ring (bicyclic) bond motifs is 1. The van der Waals surface area contributed by atoms with Crippen molar-refractivity contribution in [1.29, 1.82) is 0 Å². The van der Waals surface area contributed by atoms with Crippen LogP contribution < -0.4 is 14.8 Å². The van der Waals surface area contributed by atoms with Crippen LogP contribution in [-0.2, 0) is 20.7 Å². The van der Waals surface area contributed by atoms with E-state index in [1.807, 2.05) is 17.0 Å². The summed E-state index contributed by atoms with van der Waals surface area (Å²) < 4.78 is 16.1. The molecule has 1 unspecified atom stereocenters. The van der Waals surface area contributed by atoms with Crippen LogP contribution in [-0.4, -0.2) is 50.7 Å². The van der Waals surface area contributed by atoms with Crippen molar-refractivity contribution >= 4 is 29.2 Å². The molecule has 1 N–H and O–H groups in total. The standard InChI is InChI=1S/C23H27ClN2O5/c1-4-31-23(28)13-19-18-12-21(30-3)20(29-2)11-15(18)9-10-26(19)14-22(27)25-17-7-5-16(24)6-8-17/h5-8,11-12,19H,4,9-10,13-14H2,1-3H3,(H,25,27). The zero-order chi connectivity index (χ0) is 22.4. The summed E-state index contributed by atoms with van der Waals surface area (Å²) in [5, 5.41) is 3.48. The summed E-state index contributed by atoms with van der Waals surface area (Å²) >= 11 is 5.91. The number of ether oxygens (including phenoxy) is 3. The number of esters is 1. The molecule has 0 aliphatic carbocycles. The summed E-state index contributed by atoms with van der Waals surface area (Å²) in [6.45, 7) is 2.85. The van der Waals surface area contributed by atoms with Crippen LogP contribution in [0.15, 0.2) is 36.4 Å². The van der Waals surface area contributed by atoms with Gasteiger partial charge in [0, 0.05) is 23.3 Å². The smallest absolute Gasteiger partial charge is 0.307 e. The van der Waals surface area contributed by atoms with Gasteiger partial charge in [0.15, 0.2) is 11.5 Å². The van der Waals surface area contributed by atoms with Gasteiger partial charge in [0.25, 0.3) is 0 Å². The molecule has 1 aliphatic rings. The van der Waals surface area contributed by atoms with Crippen LogP contribution in [0.25, 0.3) is 0 Å². The van der Waals surface area contributed by atoms with E-state index in [1.54, 1.807) is 45.4 Å². The second kappa shape index (κ2) is 10.5. The number of carbonyl (C=O) groups excluding carboxylic acids is 2. The van der Waals surface area contributed by atoms with E-state index in [0.717, 1.165) is 17.5 Å². The zero-order valence-corrected chi connectivity index (χ0v) is 18.7. The summed E-state index contributed by atoms with van der Waals surface area (Å²) in [7, 11) is 3.17. The molecule has 0 saturated carbocycles. The molecule has 0 bridgehead atoms. The molecule has 7 nitrogen and oxygen atoms in total. The number of benzene rings is 2. The van der Waals surface area contributed by atoms with Crippen LogP contribution in [0.4, 0.5) is 5.69 Å². The summed E-state index contributed by atoms with van der Waals surface area (Å²) in [4.78, 5) is 27.0. The molecule has 0 radical (unpaired) electrons. The second-order valence-corrected chi connectivity index (χ2v) is 7.64. The van der Waals surface area contributed by atoms with E-state index in [0.29, 0.717) is 35.4 Å². The molecule has 0 fully saturated rings. The van der Waals surface area contributed by atoms with E-state index >= 15 is 0 Å². The normalized spacial score (nSPS) is 15.7. The number of hydrogen-bond donors (Lipinski definition) is 1. The Kier molecular flexibility index (Phi) is 7.76. The number of rotatable bonds is 8. The molecular weight excluding hydrogens is 420 g/mol. The van der Waals surface area contributed by atoms with Gasteiger partial charge in [-0.2, -0.15) is 0 Å². The Bertz CT molecular complexity index is 932. The average molecular weight is 447 g/mol. The van der Waals surface area contributed by atoms with Gasteiger partial charge >= 0.3 is 5.97 Å². The highest BCUT2D eigenvalue weighted by Crippen LogP contribution is 2.39. The molecule has 166 valence electrons. The van der Waals surface area contributed by atoms with Gasteiger partial charge < -0.3 is 19.5 Å². The van der Waals surface area contributed by atoms with Gasteiger partial charge in [-0.25, -0.2) is 0 Å². The number of methoxy groups -OCH3 is 2. The fraction of sp³-hybridized carbons (Fsp3) is 0.391. The van der Waals surface area contributed by atoms with Crippen molar-refractivity contribution in [3.05, 3.63) is 52.5 Å². The van der Waals surface area contributed by atoms with E-state index in [9.17, 15) is 9.59 Å². The van der Waals surface area contributed by atoms with Crippen molar-refractivity contribution in [3.8, 4) is 11.5 Å². The minimum Gasteiger partial charge on any atom is -0.493 e. The third-order valence-corrected chi connectivity index (χ3v) is 5.51. The maximum absolute atomic E-state index is 12.7. The van der Waals surface area contributed by atoms with Gasteiger partial charge in [0.2, 0.25) is 5.91 Å². The van der Waals surface area contributed by atoms with Crippen LogP contribution in [0.5, 0.6) is 11.5 Å². The molecule has 0 spiro atoms. The van der Waals surface area contributed by atoms with E-state index in [1.165, 1.54) is 0 Å². The predicted molar refractivity (Wildman–Crippen MR) is 119 cm³/mol. The molecule has 2 aromatic carbocycles. The number of amides is 1. The average Bonchev–Trinajstić information content (AvgIpc) is 2.76. The largest absolute Gasteiger partial charge is 0.493 e. The van der Waals surface area contributed by atoms with E-state index in [2.05, 4.69) is 5.32 Å². The Morgan fingerprint density at radius 1 is 1.13 bits per heavy atom. The Balaban J connectivity index is 1.84. The maximum Gasteiger partial charge on any atom is 0.307 e. The molecule has 3 rings (SSSR count). The first-order valence-electron chi connectivity index (χ1n) is 10.1. The number of hydrogen-bond acceptors (Lipinski definition) is 6. The topological polar surface area (TPSA) is 77.1 Å². The molecule has 1 heterocycles. The Morgan fingerprint density at radius 2 is 1.81 bits per heavy atom. The minimum absolute atomic E-state index is 0.139. The van der Waals surface area contributed by atoms with E-state index < -0.39 is 0 Å². The lowest BCUT2D eigenvalue weighted by Gasteiger charge is -2.37. The molecular formula is C23H27ClN2O5. The van der Waals surface area contributed by atoms with Crippen molar-refractivity contribution in [3.63, 3.8) is 0 Å². The van der Waals surface area contributed by atoms with E-state index in [4.69, 9.17) is 25.8 Å². The van der Waals surface area contributed by atoms with Crippen molar-refractivity contribution in [2.75, 3.05) is 39.2 Å². The van der Waals surface area contributed by atoms with Gasteiger partial charge in [0.1, 0.15) is 0 Å². The Labute approximate surface area is 187 Å². The first-order valence-corrected chi connectivity index (χ1v) is 10.5. The molecule has 31 heavy (non-hydrogen) atoms. The molecule has 1 aliphatic heterocycles. The molecule has 2 aromatic rings. The number of anilines is 1. The summed E-state index contributed by atoms with van der Waals surface area (Å²) in [6, 6.07) is 10.5. The lowest BCUT2D eigenvalue weighted by molar-refractivity contribution is -0.145. The fourth-order valence-corrected chi connectivity index (χ4v) is 3.93. The zero-order valence-electron chi connectivity index (χ0n) is 17.9. The summed E-state index contributed by atoms with van der Waals surface area (Å²) in [6.07, 6.45) is 0.869. The Morgan fingerprint density at radius 3 is 2.45 bits per heavy atom. The van der Waals surface area contributed by atoms with Crippen molar-refractivity contribution < 1.29 is 23.8 Å². The van der Waals surface area contributed by atoms with Gasteiger partial charge in [-0.05, 0) is 60.9 Å². The van der Waals surface area contributed by atoms with Gasteiger partial charge in [-0.15, -0.1) is 0 Å². The monoisotopic (exact) mass is 446 g/mol. The molecule has 0 saturated heterocycles. The van der Waals surface area contributed by atoms with Crippen LogP contribution in [0, 0.1) is 0 Å². The van der Waals surface area contributed by atoms with Gasteiger partial charge in [0.05, 0.1) is 33.8 Å². The predicted octanol–water partition coefficient (Wildman–Crippen LogP) is 3.85. The first-order chi connectivity index (χ1) is 14.9. The van der Waals surface area contributed by atoms with Crippen LogP contribution in [0.1, 0.15) is 30.5 Å². The third-order valence-electron chi connectivity index (χ3n) is 5.25. The lowest BCUT2D eigenvalue weighted by Crippen LogP contribution is -2.41. The van der Waals surface area contributed by atoms with Crippen LogP contribution in [0.2, 0.25) is 5.02 Å². The number of nitrogens with zero attached hydrogens (tertiary/aromatic N) is 1. The summed E-state index contributed by atoms with van der Waals surface area (Å²) in [5.41, 5.74) is 2.68. The molecule has 1 atom stereocenters. The van der Waals surface area contributed by atoms with Crippen molar-refractivity contribution in [1.82, 2.24) is 4.90 Å². The fourth-order valence-electron chi connectivity index (χ4n) is 3.80. The summed E-state index contributed by atoms with van der Waals surface area (Å²) in [5.74, 6) is 0.756. The highest BCUT2D eigenvalue weighted by molar-refractivity contribution is 6.30. The highest BCUT2D eigenvalue weighted by Gasteiger charge is 2.32. The molecule has 0 aromatic heterocycles. The number of halogens is 1. The van der Waals surface area contributed by atoms with E-state index in [-0.39, 0.29) is 30.9 Å². The number of nitrogens with one attached hydrogen (secondary N) is 1. The van der Waals surface area contributed by atoms with Crippen molar-refractivity contribution in [2.45, 2.75) is 25.8 Å². The second-order valence-electron chi connectivity index (χ2n) is 7.21. The quantitative estimate of drug-likeness (QED) is 0.621. The SMILES string of the molecule is CCOC(=O)CC1c2cc(OC)c(OC)cc2CCN1CC(=O)Nc1ccc(Cl)cc1. The first kappa shape index (κ1) is 22.9. The molecule has 8 heteroatoms. The van der Waals surface area contributed by atoms with Crippen LogP contribution >= 0.6 is 11.6 Å². The lowest BCUT2D eigenvalue weighted by atomic mass is 9.90. The minimum atomic E-state index is -0.307. The Hall–Kier alpha value is -2.77.